The van der Waals surface area contributed by atoms with Crippen molar-refractivity contribution in [2.24, 2.45) is 0 Å². The number of hydrogen-bond acceptors (Lipinski definition) is 2. The van der Waals surface area contributed by atoms with E-state index in [2.05, 4.69) is 48.3 Å². The molecule has 22 heavy (non-hydrogen) atoms. The van der Waals surface area contributed by atoms with Crippen molar-refractivity contribution in [1.29, 1.82) is 0 Å². The Hall–Kier alpha value is -1.29. The number of rotatable bonds is 3. The highest BCUT2D eigenvalue weighted by atomic mass is 16.2. The van der Waals surface area contributed by atoms with Crippen LogP contribution in [0.1, 0.15) is 54.4 Å². The minimum absolute atomic E-state index is 0.246. The average Bonchev–Trinajstić information content (AvgIpc) is 3.17. The minimum atomic E-state index is 0.246. The summed E-state index contributed by atoms with van der Waals surface area (Å²) in [5.41, 5.74) is 3.22. The fraction of sp³-hybridized carbons (Fsp3) is 0.722. The van der Waals surface area contributed by atoms with Gasteiger partial charge in [-0.25, -0.2) is 0 Å². The molecule has 1 aromatic rings. The molecule has 0 spiro atoms. The Morgan fingerprint density at radius 3 is 2.45 bits per heavy atom. The van der Waals surface area contributed by atoms with Gasteiger partial charge < -0.3 is 14.4 Å². The van der Waals surface area contributed by atoms with Crippen LogP contribution in [0.2, 0.25) is 0 Å². The zero-order valence-corrected chi connectivity index (χ0v) is 14.4. The monoisotopic (exact) mass is 303 g/mol. The summed E-state index contributed by atoms with van der Waals surface area (Å²) in [5.74, 6) is 0.246. The molecule has 2 aliphatic heterocycles. The summed E-state index contributed by atoms with van der Waals surface area (Å²) in [6.07, 6.45) is 4.81. The summed E-state index contributed by atoms with van der Waals surface area (Å²) in [6, 6.07) is 3.04. The largest absolute Gasteiger partial charge is 0.349 e. The molecule has 0 unspecified atom stereocenters. The molecular weight excluding hydrogens is 274 g/mol. The summed E-state index contributed by atoms with van der Waals surface area (Å²) >= 11 is 0. The number of aryl methyl sites for hydroxylation is 1. The molecule has 2 atom stereocenters. The van der Waals surface area contributed by atoms with E-state index >= 15 is 0 Å². The third-order valence-corrected chi connectivity index (χ3v) is 5.70. The highest BCUT2D eigenvalue weighted by Gasteiger charge is 2.39. The molecule has 4 nitrogen and oxygen atoms in total. The molecule has 2 saturated heterocycles. The Bertz CT molecular complexity index is 563. The van der Waals surface area contributed by atoms with Gasteiger partial charge in [-0.1, -0.05) is 0 Å². The predicted octanol–water partition coefficient (Wildman–Crippen LogP) is 2.82. The van der Waals surface area contributed by atoms with Crippen LogP contribution in [0.5, 0.6) is 0 Å². The number of likely N-dealkylation sites (tertiary alicyclic amines) is 2. The van der Waals surface area contributed by atoms with E-state index in [1.165, 1.54) is 25.1 Å². The van der Waals surface area contributed by atoms with Gasteiger partial charge in [-0.05, 0) is 66.1 Å². The molecule has 0 N–H and O–H groups in total. The number of hydrogen-bond donors (Lipinski definition) is 0. The van der Waals surface area contributed by atoms with E-state index in [0.717, 1.165) is 37.2 Å². The van der Waals surface area contributed by atoms with Crippen LogP contribution in [0.3, 0.4) is 0 Å². The van der Waals surface area contributed by atoms with Crippen LogP contribution in [0.25, 0.3) is 0 Å². The Morgan fingerprint density at radius 1 is 1.18 bits per heavy atom. The molecule has 0 aromatic carbocycles. The van der Waals surface area contributed by atoms with Crippen molar-refractivity contribution >= 4 is 5.91 Å². The molecule has 4 heteroatoms. The van der Waals surface area contributed by atoms with Crippen molar-refractivity contribution in [1.82, 2.24) is 14.4 Å². The van der Waals surface area contributed by atoms with Crippen LogP contribution >= 0.6 is 0 Å². The van der Waals surface area contributed by atoms with Crippen molar-refractivity contribution < 1.29 is 4.79 Å². The third-order valence-electron chi connectivity index (χ3n) is 5.70. The number of aromatic nitrogens is 1. The Morgan fingerprint density at radius 2 is 1.86 bits per heavy atom. The molecule has 122 valence electrons. The zero-order valence-electron chi connectivity index (χ0n) is 14.4. The summed E-state index contributed by atoms with van der Waals surface area (Å²) in [4.78, 5) is 17.7. The molecule has 1 aromatic heterocycles. The highest BCUT2D eigenvalue weighted by molar-refractivity contribution is 5.96. The summed E-state index contributed by atoms with van der Waals surface area (Å²) in [6.45, 7) is 9.34. The van der Waals surface area contributed by atoms with Gasteiger partial charge in [-0.15, -0.1) is 0 Å². The van der Waals surface area contributed by atoms with Gasteiger partial charge in [0.05, 0.1) is 5.56 Å². The molecule has 1 amide bonds. The maximum Gasteiger partial charge on any atom is 0.255 e. The van der Waals surface area contributed by atoms with E-state index in [4.69, 9.17) is 0 Å². The second kappa shape index (κ2) is 6.07. The second-order valence-electron chi connectivity index (χ2n) is 6.93. The molecule has 2 fully saturated rings. The van der Waals surface area contributed by atoms with Crippen molar-refractivity contribution in [3.8, 4) is 0 Å². The first kappa shape index (κ1) is 15.6. The Kier molecular flexibility index (Phi) is 4.31. The van der Waals surface area contributed by atoms with Crippen molar-refractivity contribution in [3.05, 3.63) is 23.0 Å². The van der Waals surface area contributed by atoms with Gasteiger partial charge in [-0.2, -0.15) is 0 Å². The topological polar surface area (TPSA) is 28.5 Å². The first-order valence-corrected chi connectivity index (χ1v) is 8.72. The third kappa shape index (κ3) is 2.47. The molecule has 3 heterocycles. The lowest BCUT2D eigenvalue weighted by atomic mass is 10.0. The second-order valence-corrected chi connectivity index (χ2v) is 6.93. The van der Waals surface area contributed by atoms with Gasteiger partial charge in [0.1, 0.15) is 0 Å². The predicted molar refractivity (Wildman–Crippen MR) is 89.3 cm³/mol. The van der Waals surface area contributed by atoms with Gasteiger partial charge in [0.25, 0.3) is 5.91 Å². The van der Waals surface area contributed by atoms with Gasteiger partial charge in [0.2, 0.25) is 0 Å². The van der Waals surface area contributed by atoms with E-state index < -0.39 is 0 Å². The van der Waals surface area contributed by atoms with Gasteiger partial charge in [0.15, 0.2) is 0 Å². The van der Waals surface area contributed by atoms with Crippen molar-refractivity contribution in [2.45, 2.75) is 65.1 Å². The van der Waals surface area contributed by atoms with Crippen LogP contribution in [-0.2, 0) is 6.54 Å². The molecule has 0 saturated carbocycles. The average molecular weight is 303 g/mol. The molecular formula is C18H29N3O. The number of likely N-dealkylation sites (N-methyl/N-ethyl adjacent to an activating group) is 1. The molecule has 3 rings (SSSR count). The van der Waals surface area contributed by atoms with Crippen LogP contribution in [0, 0.1) is 13.8 Å². The molecule has 0 bridgehead atoms. The lowest BCUT2D eigenvalue weighted by Gasteiger charge is -2.33. The molecule has 2 aliphatic rings. The molecule has 0 radical (unpaired) electrons. The smallest absolute Gasteiger partial charge is 0.255 e. The van der Waals surface area contributed by atoms with E-state index in [-0.39, 0.29) is 5.91 Å². The van der Waals surface area contributed by atoms with Crippen LogP contribution < -0.4 is 0 Å². The Balaban J connectivity index is 1.85. The quantitative estimate of drug-likeness (QED) is 0.859. The first-order chi connectivity index (χ1) is 10.5. The minimum Gasteiger partial charge on any atom is -0.349 e. The number of amides is 1. The SMILES string of the molecule is CCn1c(C)cc(C(=O)N2CCC[C@@H]2[C@@H]2CCCN2C)c1C. The van der Waals surface area contributed by atoms with E-state index in [1.807, 2.05) is 0 Å². The van der Waals surface area contributed by atoms with E-state index in [1.54, 1.807) is 0 Å². The number of carbonyl (C=O) groups is 1. The first-order valence-electron chi connectivity index (χ1n) is 8.72. The maximum absolute atomic E-state index is 13.1. The summed E-state index contributed by atoms with van der Waals surface area (Å²) in [7, 11) is 2.21. The Labute approximate surface area is 134 Å². The van der Waals surface area contributed by atoms with E-state index in [0.29, 0.717) is 12.1 Å². The van der Waals surface area contributed by atoms with Crippen LogP contribution in [-0.4, -0.2) is 52.5 Å². The summed E-state index contributed by atoms with van der Waals surface area (Å²) < 4.78 is 2.24. The fourth-order valence-electron chi connectivity index (χ4n) is 4.53. The molecule has 0 aliphatic carbocycles. The van der Waals surface area contributed by atoms with Gasteiger partial charge >= 0.3 is 0 Å². The maximum atomic E-state index is 13.1. The van der Waals surface area contributed by atoms with Gasteiger partial charge in [-0.3, -0.25) is 4.79 Å². The van der Waals surface area contributed by atoms with E-state index in [9.17, 15) is 4.79 Å². The standard InChI is InChI=1S/C18H29N3O/c1-5-20-13(2)12-15(14(20)3)18(22)21-11-7-9-17(21)16-8-6-10-19(16)4/h12,16-17H,5-11H2,1-4H3/t16-,17+/m0/s1. The van der Waals surface area contributed by atoms with Crippen LogP contribution in [0.15, 0.2) is 6.07 Å². The van der Waals surface area contributed by atoms with Gasteiger partial charge in [0, 0.05) is 36.6 Å². The zero-order chi connectivity index (χ0) is 15.9. The van der Waals surface area contributed by atoms with Crippen molar-refractivity contribution in [2.75, 3.05) is 20.1 Å². The highest BCUT2D eigenvalue weighted by Crippen LogP contribution is 2.31. The normalized spacial score (nSPS) is 26.1. The number of carbonyl (C=O) groups excluding carboxylic acids is 1. The lowest BCUT2D eigenvalue weighted by Crippen LogP contribution is -2.47. The van der Waals surface area contributed by atoms with Crippen LogP contribution in [0.4, 0.5) is 0 Å². The summed E-state index contributed by atoms with van der Waals surface area (Å²) in [5, 5.41) is 0. The van der Waals surface area contributed by atoms with Crippen molar-refractivity contribution in [3.63, 3.8) is 0 Å². The fourth-order valence-corrected chi connectivity index (χ4v) is 4.53. The number of nitrogens with zero attached hydrogens (tertiary/aromatic N) is 3. The lowest BCUT2D eigenvalue weighted by molar-refractivity contribution is 0.0663.